The number of nitrogens with zero attached hydrogens (tertiary/aromatic N) is 1. The van der Waals surface area contributed by atoms with Crippen LogP contribution in [0.2, 0.25) is 0 Å². The molecular weight excluding hydrogens is 307 g/mol. The maximum Gasteiger partial charge on any atom is 0.251 e. The van der Waals surface area contributed by atoms with Crippen LogP contribution in [0.5, 0.6) is 11.5 Å². The van der Waals surface area contributed by atoms with Crippen molar-refractivity contribution < 1.29 is 13.9 Å². The molecule has 2 fully saturated rings. The van der Waals surface area contributed by atoms with Crippen molar-refractivity contribution in [3.05, 3.63) is 59.9 Å². The molecule has 2 saturated heterocycles. The van der Waals surface area contributed by atoms with E-state index in [0.717, 1.165) is 19.6 Å². The quantitative estimate of drug-likeness (QED) is 0.939. The summed E-state index contributed by atoms with van der Waals surface area (Å²) in [5.41, 5.74) is 0.624. The maximum absolute atomic E-state index is 12.9. The summed E-state index contributed by atoms with van der Waals surface area (Å²) in [6.45, 7) is 3.23. The Morgan fingerprint density at radius 1 is 1.04 bits per heavy atom. The van der Waals surface area contributed by atoms with Crippen molar-refractivity contribution in [1.29, 1.82) is 0 Å². The molecular formula is C19H19FN2O2. The lowest BCUT2D eigenvalue weighted by atomic mass is 9.99. The molecule has 0 saturated carbocycles. The molecule has 5 heteroatoms. The van der Waals surface area contributed by atoms with Crippen LogP contribution in [0, 0.1) is 11.7 Å². The zero-order valence-electron chi connectivity index (χ0n) is 13.2. The molecule has 2 bridgehead atoms. The van der Waals surface area contributed by atoms with Gasteiger partial charge in [-0.25, -0.2) is 4.39 Å². The van der Waals surface area contributed by atoms with E-state index in [1.54, 1.807) is 36.4 Å². The van der Waals surface area contributed by atoms with Gasteiger partial charge in [-0.05, 0) is 67.4 Å². The largest absolute Gasteiger partial charge is 0.457 e. The average Bonchev–Trinajstić information content (AvgIpc) is 3.20. The molecule has 4 nitrogen and oxygen atoms in total. The Balaban J connectivity index is 1.38. The number of halogens is 1. The second kappa shape index (κ2) is 6.24. The summed E-state index contributed by atoms with van der Waals surface area (Å²) in [5.74, 6) is 1.43. The summed E-state index contributed by atoms with van der Waals surface area (Å²) in [6, 6.07) is 13.1. The van der Waals surface area contributed by atoms with Crippen LogP contribution in [0.3, 0.4) is 0 Å². The van der Waals surface area contributed by atoms with Crippen molar-refractivity contribution in [2.75, 3.05) is 19.6 Å². The van der Waals surface area contributed by atoms with E-state index in [9.17, 15) is 9.18 Å². The van der Waals surface area contributed by atoms with Crippen LogP contribution in [0.25, 0.3) is 0 Å². The lowest BCUT2D eigenvalue weighted by Crippen LogP contribution is -2.43. The molecule has 124 valence electrons. The number of amides is 1. The van der Waals surface area contributed by atoms with Gasteiger partial charge < -0.3 is 15.0 Å². The van der Waals surface area contributed by atoms with E-state index in [0.29, 0.717) is 23.0 Å². The molecule has 0 aliphatic carbocycles. The minimum atomic E-state index is -0.300. The number of carbonyl (C=O) groups is 1. The van der Waals surface area contributed by atoms with Crippen LogP contribution < -0.4 is 10.1 Å². The molecule has 2 aromatic carbocycles. The predicted molar refractivity (Wildman–Crippen MR) is 88.7 cm³/mol. The molecule has 1 amide bonds. The third-order valence-electron chi connectivity index (χ3n) is 4.82. The first-order valence-corrected chi connectivity index (χ1v) is 8.24. The topological polar surface area (TPSA) is 41.6 Å². The molecule has 2 aromatic rings. The highest BCUT2D eigenvalue weighted by Crippen LogP contribution is 2.28. The summed E-state index contributed by atoms with van der Waals surface area (Å²) in [6.07, 6.45) is 1.18. The molecule has 2 aliphatic rings. The highest BCUT2D eigenvalue weighted by Gasteiger charge is 2.38. The molecule has 3 atom stereocenters. The van der Waals surface area contributed by atoms with Crippen molar-refractivity contribution in [2.24, 2.45) is 5.92 Å². The summed E-state index contributed by atoms with van der Waals surface area (Å²) in [5, 5.41) is 3.14. The van der Waals surface area contributed by atoms with Crippen LogP contribution in [-0.2, 0) is 0 Å². The van der Waals surface area contributed by atoms with Crippen molar-refractivity contribution in [3.63, 3.8) is 0 Å². The fourth-order valence-electron chi connectivity index (χ4n) is 3.51. The van der Waals surface area contributed by atoms with E-state index in [2.05, 4.69) is 10.2 Å². The Morgan fingerprint density at radius 3 is 2.29 bits per heavy atom. The zero-order valence-corrected chi connectivity index (χ0v) is 13.2. The second-order valence-corrected chi connectivity index (χ2v) is 6.47. The lowest BCUT2D eigenvalue weighted by Gasteiger charge is -2.23. The predicted octanol–water partition coefficient (Wildman–Crippen LogP) is 3.05. The molecule has 24 heavy (non-hydrogen) atoms. The monoisotopic (exact) mass is 326 g/mol. The molecule has 3 unspecified atom stereocenters. The van der Waals surface area contributed by atoms with E-state index in [-0.39, 0.29) is 17.8 Å². The summed E-state index contributed by atoms with van der Waals surface area (Å²) >= 11 is 0. The molecule has 0 radical (unpaired) electrons. The SMILES string of the molecule is O=C(NC1CN2CCC1C2)c1ccc(Oc2ccc(F)cc2)cc1. The number of ether oxygens (including phenoxy) is 1. The third kappa shape index (κ3) is 3.12. The van der Waals surface area contributed by atoms with Crippen molar-refractivity contribution in [1.82, 2.24) is 10.2 Å². The number of hydrogen-bond donors (Lipinski definition) is 1. The number of carbonyl (C=O) groups excluding carboxylic acids is 1. The van der Waals surface area contributed by atoms with Crippen LogP contribution in [0.1, 0.15) is 16.8 Å². The minimum absolute atomic E-state index is 0.0397. The van der Waals surface area contributed by atoms with Gasteiger partial charge in [0.2, 0.25) is 0 Å². The number of rotatable bonds is 4. The third-order valence-corrected chi connectivity index (χ3v) is 4.82. The average molecular weight is 326 g/mol. The first-order chi connectivity index (χ1) is 11.7. The normalized spacial score (nSPS) is 24.8. The van der Waals surface area contributed by atoms with E-state index in [4.69, 9.17) is 4.74 Å². The Hall–Kier alpha value is -2.40. The Labute approximate surface area is 140 Å². The molecule has 1 N–H and O–H groups in total. The number of fused-ring (bicyclic) bond motifs is 2. The maximum atomic E-state index is 12.9. The highest BCUT2D eigenvalue weighted by atomic mass is 19.1. The van der Waals surface area contributed by atoms with E-state index in [1.807, 2.05) is 0 Å². The number of hydrogen-bond acceptors (Lipinski definition) is 3. The standard InChI is InChI=1S/C19H19FN2O2/c20-15-3-7-17(8-4-15)24-16-5-1-13(2-6-16)19(23)21-18-12-22-10-9-14(18)11-22/h1-8,14,18H,9-12H2,(H,21,23). The highest BCUT2D eigenvalue weighted by molar-refractivity contribution is 5.94. The first-order valence-electron chi connectivity index (χ1n) is 8.24. The van der Waals surface area contributed by atoms with Crippen molar-refractivity contribution >= 4 is 5.91 Å². The second-order valence-electron chi connectivity index (χ2n) is 6.47. The van der Waals surface area contributed by atoms with Gasteiger partial charge in [-0.2, -0.15) is 0 Å². The summed E-state index contributed by atoms with van der Waals surface area (Å²) in [4.78, 5) is 14.8. The van der Waals surface area contributed by atoms with Gasteiger partial charge in [0, 0.05) is 24.7 Å². The molecule has 4 rings (SSSR count). The Morgan fingerprint density at radius 2 is 1.71 bits per heavy atom. The van der Waals surface area contributed by atoms with E-state index >= 15 is 0 Å². The van der Waals surface area contributed by atoms with Crippen molar-refractivity contribution in [3.8, 4) is 11.5 Å². The number of benzene rings is 2. The van der Waals surface area contributed by atoms with E-state index < -0.39 is 0 Å². The van der Waals surface area contributed by atoms with Crippen LogP contribution in [-0.4, -0.2) is 36.5 Å². The van der Waals surface area contributed by atoms with Gasteiger partial charge in [0.25, 0.3) is 5.91 Å². The van der Waals surface area contributed by atoms with Gasteiger partial charge in [0.1, 0.15) is 17.3 Å². The first kappa shape index (κ1) is 15.1. The summed E-state index contributed by atoms with van der Waals surface area (Å²) < 4.78 is 18.5. The van der Waals surface area contributed by atoms with Gasteiger partial charge in [-0.3, -0.25) is 4.79 Å². The molecule has 0 spiro atoms. The lowest BCUT2D eigenvalue weighted by molar-refractivity contribution is 0.0924. The van der Waals surface area contributed by atoms with Gasteiger partial charge in [-0.1, -0.05) is 0 Å². The van der Waals surface area contributed by atoms with Crippen LogP contribution in [0.15, 0.2) is 48.5 Å². The van der Waals surface area contributed by atoms with Crippen LogP contribution in [0.4, 0.5) is 4.39 Å². The summed E-state index contributed by atoms with van der Waals surface area (Å²) in [7, 11) is 0. The van der Waals surface area contributed by atoms with Gasteiger partial charge >= 0.3 is 0 Å². The van der Waals surface area contributed by atoms with E-state index in [1.165, 1.54) is 18.6 Å². The van der Waals surface area contributed by atoms with Gasteiger partial charge in [0.15, 0.2) is 0 Å². The van der Waals surface area contributed by atoms with Gasteiger partial charge in [0.05, 0.1) is 0 Å². The fraction of sp³-hybridized carbons (Fsp3) is 0.316. The molecule has 2 heterocycles. The Bertz CT molecular complexity index is 730. The smallest absolute Gasteiger partial charge is 0.251 e. The Kier molecular flexibility index (Phi) is 3.94. The fourth-order valence-corrected chi connectivity index (χ4v) is 3.51. The number of piperidine rings is 1. The zero-order chi connectivity index (χ0) is 16.5. The minimum Gasteiger partial charge on any atom is -0.457 e. The van der Waals surface area contributed by atoms with Crippen molar-refractivity contribution in [2.45, 2.75) is 12.5 Å². The van der Waals surface area contributed by atoms with Gasteiger partial charge in [-0.15, -0.1) is 0 Å². The number of nitrogens with one attached hydrogen (secondary N) is 1. The van der Waals surface area contributed by atoms with Crippen LogP contribution >= 0.6 is 0 Å². The molecule has 2 aliphatic heterocycles. The molecule has 0 aromatic heterocycles.